The van der Waals surface area contributed by atoms with E-state index in [1.807, 2.05) is 33.9 Å². The molecule has 0 aliphatic heterocycles. The van der Waals surface area contributed by atoms with E-state index in [2.05, 4.69) is 0 Å². The first kappa shape index (κ1) is 49.5. The summed E-state index contributed by atoms with van der Waals surface area (Å²) in [7, 11) is -7.87. The van der Waals surface area contributed by atoms with Gasteiger partial charge in [-0.1, -0.05) is 0 Å². The second kappa shape index (κ2) is 38.2. The van der Waals surface area contributed by atoms with Crippen molar-refractivity contribution in [2.75, 3.05) is 0 Å². The third-order valence-corrected chi connectivity index (χ3v) is 1.13. The van der Waals surface area contributed by atoms with Crippen molar-refractivity contribution in [3.05, 3.63) is 0 Å². The summed E-state index contributed by atoms with van der Waals surface area (Å²) in [5.41, 5.74) is -10.2. The molecule has 18 heteroatoms. The molecule has 0 aliphatic carbocycles. The fraction of sp³-hybridized carbons (Fsp3) is 0.286. The summed E-state index contributed by atoms with van der Waals surface area (Å²) in [6.45, 7) is 10.0. The zero-order valence-corrected chi connectivity index (χ0v) is 15.3. The van der Waals surface area contributed by atoms with E-state index in [4.69, 9.17) is 40.8 Å². The van der Waals surface area contributed by atoms with E-state index < -0.39 is 32.4 Å². The topological polar surface area (TPSA) is 154 Å². The number of carbonyl (C=O) groups is 5. The van der Waals surface area contributed by atoms with Crippen LogP contribution in [0.1, 0.15) is 0 Å². The zero-order chi connectivity index (χ0) is 22.2. The summed E-state index contributed by atoms with van der Waals surface area (Å²) in [6.07, 6.45) is 0. The van der Waals surface area contributed by atoms with Crippen LogP contribution in [0, 0.1) is 0 Å². The van der Waals surface area contributed by atoms with Crippen molar-refractivity contribution in [1.29, 1.82) is 0 Å². The van der Waals surface area contributed by atoms with Gasteiger partial charge in [0.05, 0.1) is 0 Å². The summed E-state index contributed by atoms with van der Waals surface area (Å²) in [5.74, 6) is 0. The third-order valence-electron chi connectivity index (χ3n) is 0.378. The third kappa shape index (κ3) is 85.7. The molecule has 0 radical (unpaired) electrons. The van der Waals surface area contributed by atoms with Crippen LogP contribution in [0.3, 0.4) is 0 Å². The van der Waals surface area contributed by atoms with Crippen LogP contribution < -0.4 is 0 Å². The number of hydrogen-bond donors (Lipinski definition) is 0. The van der Waals surface area contributed by atoms with Crippen molar-refractivity contribution in [1.82, 2.24) is 0 Å². The number of rotatable bonds is 0. The van der Waals surface area contributed by atoms with E-state index in [1.165, 1.54) is 0 Å². The Balaban J connectivity index is -0.0000000250. The molecule has 0 atom stereocenters. The Hall–Kier alpha value is -1.48. The quantitative estimate of drug-likeness (QED) is 0.259. The normalized spacial score (nSPS) is 7.84. The summed E-state index contributed by atoms with van der Waals surface area (Å²) < 4.78 is 99.0. The van der Waals surface area contributed by atoms with Crippen LogP contribution in [-0.2, 0) is 83.3 Å². The average Bonchev–Trinajstić information content (AvgIpc) is 2.56. The molecule has 9 nitrogen and oxygen atoms in total. The van der Waals surface area contributed by atoms with E-state index in [0.29, 0.717) is 0 Å². The average molecular weight is 512 g/mol. The molecule has 25 heavy (non-hydrogen) atoms. The predicted molar refractivity (Wildman–Crippen MR) is 65.2 cm³/mol. The van der Waals surface area contributed by atoms with E-state index in [-0.39, 0.29) is 21.1 Å². The largest absolute Gasteiger partial charge is 2.00 e. The minimum absolute atomic E-state index is 0. The van der Waals surface area contributed by atoms with Gasteiger partial charge in [-0.25, -0.2) is 0 Å². The van der Waals surface area contributed by atoms with Crippen LogP contribution in [0.25, 0.3) is 0 Å². The van der Waals surface area contributed by atoms with Crippen LogP contribution >= 0.6 is 0 Å². The van der Waals surface area contributed by atoms with Crippen LogP contribution in [0.15, 0.2) is 0 Å². The van der Waals surface area contributed by atoms with Gasteiger partial charge in [-0.05, 0) is 0 Å². The van der Waals surface area contributed by atoms with Gasteiger partial charge in [-0.15, -0.1) is 0 Å². The second-order valence-corrected chi connectivity index (χ2v) is 3.23. The Kier molecular flexibility index (Phi) is 75.7. The molecule has 0 aromatic rings. The van der Waals surface area contributed by atoms with Crippen molar-refractivity contribution >= 4 is 55.4 Å². The fourth-order valence-electron chi connectivity index (χ4n) is 0. The molecule has 152 valence electrons. The molecule has 0 spiro atoms. The van der Waals surface area contributed by atoms with Crippen molar-refractivity contribution in [3.8, 4) is 0 Å². The van der Waals surface area contributed by atoms with Crippen LogP contribution in [-0.4, -0.2) is 45.0 Å². The van der Waals surface area contributed by atoms with Crippen LogP contribution in [0.2, 0.25) is 0 Å². The maximum Gasteiger partial charge on any atom is 2.00 e. The van der Waals surface area contributed by atoms with Gasteiger partial charge in [0, 0.05) is 21.4 Å². The van der Waals surface area contributed by atoms with Crippen LogP contribution in [0.5, 0.6) is 0 Å². The van der Waals surface area contributed by atoms with Gasteiger partial charge in [0.2, 0.25) is 0 Å². The van der Waals surface area contributed by atoms with Crippen molar-refractivity contribution in [2.24, 2.45) is 0 Å². The van der Waals surface area contributed by atoms with Gasteiger partial charge in [-0.3, -0.25) is 0 Å². The van der Waals surface area contributed by atoms with Crippen LogP contribution in [0.4, 0.5) is 26.3 Å². The molecule has 0 rings (SSSR count). The van der Waals surface area contributed by atoms with Crippen molar-refractivity contribution < 1.29 is 88.2 Å². The second-order valence-electron chi connectivity index (χ2n) is 1.36. The summed E-state index contributed by atoms with van der Waals surface area (Å²) >= 11 is 0. The Morgan fingerprint density at radius 2 is 0.480 bits per heavy atom. The Morgan fingerprint density at radius 3 is 0.480 bits per heavy atom. The molecule has 0 unspecified atom stereocenters. The van der Waals surface area contributed by atoms with Gasteiger partial charge in [0.15, 0.2) is 0 Å². The van der Waals surface area contributed by atoms with E-state index >= 15 is 0 Å². The van der Waals surface area contributed by atoms with E-state index in [0.717, 1.165) is 0 Å². The number of halogens is 6. The van der Waals surface area contributed by atoms with Gasteiger partial charge in [0.25, 0.3) is 0 Å². The molecule has 0 heterocycles. The molecule has 0 fully saturated rings. The Bertz CT molecular complexity index is 337. The predicted octanol–water partition coefficient (Wildman–Crippen LogP) is 0.704. The van der Waals surface area contributed by atoms with E-state index in [1.54, 1.807) is 0 Å². The maximum atomic E-state index is 10.6. The smallest absolute Gasteiger partial charge is 0.416 e. The van der Waals surface area contributed by atoms with Gasteiger partial charge in [0.1, 0.15) is 33.9 Å². The minimum atomic E-state index is -5.08. The molecule has 0 bridgehead atoms. The first-order valence-corrected chi connectivity index (χ1v) is 5.80. The molecule has 0 N–H and O–H groups in total. The monoisotopic (exact) mass is 514 g/mol. The first-order valence-electron chi connectivity index (χ1n) is 3.65. The molecular formula is C7H10F6MoO9S2. The SMILES string of the molecule is C=O.C=O.C=O.C=O.C=O.O=[S-](=O)C(F)(F)F.O=[S-](=O)C(F)(F)F.[Mo+2]. The summed E-state index contributed by atoms with van der Waals surface area (Å²) in [6, 6.07) is 0. The number of carbonyl (C=O) groups excluding carboxylic acids is 5. The summed E-state index contributed by atoms with van der Waals surface area (Å²) in [4.78, 5) is 40.0. The summed E-state index contributed by atoms with van der Waals surface area (Å²) in [5, 5.41) is 0. The Morgan fingerprint density at radius 1 is 0.440 bits per heavy atom. The van der Waals surface area contributed by atoms with Gasteiger partial charge >= 0.3 is 32.1 Å². The Labute approximate surface area is 154 Å². The van der Waals surface area contributed by atoms with Gasteiger partial charge in [-0.2, -0.15) is 26.3 Å². The maximum absolute atomic E-state index is 10.6. The number of alkyl halides is 6. The van der Waals surface area contributed by atoms with E-state index in [9.17, 15) is 26.3 Å². The molecule has 0 aromatic carbocycles. The molecule has 0 amide bonds. The molecule has 0 saturated carbocycles. The van der Waals surface area contributed by atoms with Crippen molar-refractivity contribution in [2.45, 2.75) is 11.0 Å². The minimum Gasteiger partial charge on any atom is -0.416 e. The number of hydrogen-bond acceptors (Lipinski definition) is 11. The van der Waals surface area contributed by atoms with Gasteiger partial charge < -0.3 is 40.8 Å². The molecule has 0 saturated heterocycles. The fourth-order valence-corrected chi connectivity index (χ4v) is 0. The van der Waals surface area contributed by atoms with Crippen molar-refractivity contribution in [3.63, 3.8) is 0 Å². The first-order chi connectivity index (χ1) is 10.9. The standard InChI is InChI=1S/2CF3O2S.5CH2O.Mo/c2*2-1(3,4)7(5)6;5*1-2;/h;;5*1H2;/q2*-1;;;;;;+2. The molecule has 0 aliphatic rings. The zero-order valence-electron chi connectivity index (χ0n) is 11.7. The molecule has 0 aromatic heterocycles. The molecular weight excluding hydrogens is 502 g/mol.